The zero-order chi connectivity index (χ0) is 15.2. The van der Waals surface area contributed by atoms with Crippen molar-refractivity contribution in [2.24, 2.45) is 4.99 Å². The summed E-state index contributed by atoms with van der Waals surface area (Å²) in [5, 5.41) is 7.90. The third-order valence-corrected chi connectivity index (χ3v) is 4.09. The molecular formula is C15H21Cl2N3O. The van der Waals surface area contributed by atoms with Gasteiger partial charge < -0.3 is 15.4 Å². The van der Waals surface area contributed by atoms with Crippen molar-refractivity contribution in [1.29, 1.82) is 0 Å². The van der Waals surface area contributed by atoms with Crippen molar-refractivity contribution in [3.63, 3.8) is 0 Å². The molecule has 0 radical (unpaired) electrons. The van der Waals surface area contributed by atoms with Crippen LogP contribution in [-0.4, -0.2) is 32.3 Å². The van der Waals surface area contributed by atoms with Crippen LogP contribution in [0.25, 0.3) is 0 Å². The van der Waals surface area contributed by atoms with Crippen LogP contribution in [0, 0.1) is 0 Å². The number of rotatable bonds is 4. The van der Waals surface area contributed by atoms with E-state index in [0.29, 0.717) is 10.0 Å². The van der Waals surface area contributed by atoms with Gasteiger partial charge in [0, 0.05) is 30.2 Å². The van der Waals surface area contributed by atoms with Crippen LogP contribution in [-0.2, 0) is 4.74 Å². The summed E-state index contributed by atoms with van der Waals surface area (Å²) < 4.78 is 5.59. The Morgan fingerprint density at radius 2 is 2.29 bits per heavy atom. The first-order valence-electron chi connectivity index (χ1n) is 7.14. The predicted molar refractivity (Wildman–Crippen MR) is 88.3 cm³/mol. The van der Waals surface area contributed by atoms with Crippen molar-refractivity contribution in [3.05, 3.63) is 33.8 Å². The summed E-state index contributed by atoms with van der Waals surface area (Å²) in [5.41, 5.74) is 0.987. The van der Waals surface area contributed by atoms with Crippen molar-refractivity contribution in [1.82, 2.24) is 10.6 Å². The molecule has 1 aromatic rings. The third-order valence-electron chi connectivity index (χ3n) is 3.53. The van der Waals surface area contributed by atoms with Crippen molar-refractivity contribution >= 4 is 29.2 Å². The van der Waals surface area contributed by atoms with Gasteiger partial charge in [0.15, 0.2) is 5.96 Å². The maximum atomic E-state index is 6.23. The molecule has 0 aromatic heterocycles. The van der Waals surface area contributed by atoms with Crippen molar-refractivity contribution in [2.75, 3.05) is 20.2 Å². The fourth-order valence-electron chi connectivity index (χ4n) is 2.35. The summed E-state index contributed by atoms with van der Waals surface area (Å²) in [6.07, 6.45) is 2.51. The molecule has 0 amide bonds. The summed E-state index contributed by atoms with van der Waals surface area (Å²) in [6, 6.07) is 5.55. The van der Waals surface area contributed by atoms with E-state index >= 15 is 0 Å². The Labute approximate surface area is 135 Å². The molecule has 0 spiro atoms. The van der Waals surface area contributed by atoms with Gasteiger partial charge >= 0.3 is 0 Å². The van der Waals surface area contributed by atoms with Gasteiger partial charge in [-0.3, -0.25) is 4.99 Å². The van der Waals surface area contributed by atoms with Crippen LogP contribution in [0.5, 0.6) is 0 Å². The number of nitrogens with zero attached hydrogens (tertiary/aromatic N) is 1. The number of ether oxygens (including phenoxy) is 1. The molecule has 1 aliphatic rings. The van der Waals surface area contributed by atoms with Gasteiger partial charge in [-0.15, -0.1) is 0 Å². The smallest absolute Gasteiger partial charge is 0.191 e. The molecule has 116 valence electrons. The number of benzene rings is 1. The first-order valence-corrected chi connectivity index (χ1v) is 7.89. The molecule has 1 aliphatic heterocycles. The molecular weight excluding hydrogens is 309 g/mol. The zero-order valence-corrected chi connectivity index (χ0v) is 13.8. The average Bonchev–Trinajstić information content (AvgIpc) is 2.96. The van der Waals surface area contributed by atoms with Crippen molar-refractivity contribution in [3.8, 4) is 0 Å². The Hall–Kier alpha value is -0.970. The average molecular weight is 330 g/mol. The summed E-state index contributed by atoms with van der Waals surface area (Å²) in [6.45, 7) is 3.66. The highest BCUT2D eigenvalue weighted by Crippen LogP contribution is 2.25. The highest BCUT2D eigenvalue weighted by atomic mass is 35.5. The van der Waals surface area contributed by atoms with Gasteiger partial charge in [0.25, 0.3) is 0 Å². The van der Waals surface area contributed by atoms with E-state index in [2.05, 4.69) is 15.6 Å². The Morgan fingerprint density at radius 3 is 2.90 bits per heavy atom. The molecule has 1 fully saturated rings. The number of hydrogen-bond acceptors (Lipinski definition) is 2. The Kier molecular flexibility index (Phi) is 6.15. The Bertz CT molecular complexity index is 502. The van der Waals surface area contributed by atoms with Crippen LogP contribution in [0.4, 0.5) is 0 Å². The molecule has 4 nitrogen and oxygen atoms in total. The topological polar surface area (TPSA) is 45.7 Å². The van der Waals surface area contributed by atoms with Gasteiger partial charge in [0.2, 0.25) is 0 Å². The molecule has 2 atom stereocenters. The molecule has 6 heteroatoms. The molecule has 2 N–H and O–H groups in total. The molecule has 1 saturated heterocycles. The molecule has 0 aliphatic carbocycles. The van der Waals surface area contributed by atoms with Gasteiger partial charge in [-0.1, -0.05) is 29.3 Å². The number of aliphatic imine (C=N–C) groups is 1. The van der Waals surface area contributed by atoms with Crippen LogP contribution in [0.2, 0.25) is 10.0 Å². The second kappa shape index (κ2) is 7.87. The van der Waals surface area contributed by atoms with Crippen molar-refractivity contribution < 1.29 is 4.74 Å². The lowest BCUT2D eigenvalue weighted by atomic mass is 10.1. The first-order chi connectivity index (χ1) is 10.1. The maximum Gasteiger partial charge on any atom is 0.191 e. The van der Waals surface area contributed by atoms with Gasteiger partial charge in [-0.2, -0.15) is 0 Å². The van der Waals surface area contributed by atoms with Crippen LogP contribution < -0.4 is 10.6 Å². The molecule has 2 rings (SSSR count). The maximum absolute atomic E-state index is 6.23. The number of halogens is 2. The standard InChI is InChI=1S/C15H21Cl2N3O/c1-10(13-6-5-11(16)8-14(13)17)20-15(18-2)19-9-12-4-3-7-21-12/h5-6,8,10,12H,3-4,7,9H2,1-2H3,(H2,18,19,20). The SMILES string of the molecule is CN=C(NCC1CCCO1)NC(C)c1ccc(Cl)cc1Cl. The molecule has 0 bridgehead atoms. The summed E-state index contributed by atoms with van der Waals surface area (Å²) >= 11 is 12.1. The number of guanidine groups is 1. The van der Waals surface area contributed by atoms with E-state index in [1.807, 2.05) is 19.1 Å². The normalized spacial score (nSPS) is 20.4. The lowest BCUT2D eigenvalue weighted by molar-refractivity contribution is 0.113. The quantitative estimate of drug-likeness (QED) is 0.657. The highest BCUT2D eigenvalue weighted by molar-refractivity contribution is 6.35. The molecule has 2 unspecified atom stereocenters. The highest BCUT2D eigenvalue weighted by Gasteiger charge is 2.16. The van der Waals surface area contributed by atoms with E-state index in [4.69, 9.17) is 27.9 Å². The molecule has 1 aromatic carbocycles. The summed E-state index contributed by atoms with van der Waals surface area (Å²) in [7, 11) is 1.75. The van der Waals surface area contributed by atoms with Gasteiger partial charge in [0.05, 0.1) is 12.1 Å². The number of hydrogen-bond donors (Lipinski definition) is 2. The number of nitrogens with one attached hydrogen (secondary N) is 2. The fourth-order valence-corrected chi connectivity index (χ4v) is 2.92. The second-order valence-corrected chi connectivity index (χ2v) is 5.96. The second-order valence-electron chi connectivity index (χ2n) is 5.12. The first kappa shape index (κ1) is 16.4. The summed E-state index contributed by atoms with van der Waals surface area (Å²) in [5.74, 6) is 0.740. The van der Waals surface area contributed by atoms with Gasteiger partial charge in [0.1, 0.15) is 0 Å². The van der Waals surface area contributed by atoms with E-state index in [0.717, 1.165) is 37.5 Å². The van der Waals surface area contributed by atoms with Crippen LogP contribution in [0.15, 0.2) is 23.2 Å². The Morgan fingerprint density at radius 1 is 1.48 bits per heavy atom. The summed E-state index contributed by atoms with van der Waals surface area (Å²) in [4.78, 5) is 4.23. The lowest BCUT2D eigenvalue weighted by Gasteiger charge is -2.20. The lowest BCUT2D eigenvalue weighted by Crippen LogP contribution is -2.42. The van der Waals surface area contributed by atoms with Gasteiger partial charge in [-0.25, -0.2) is 0 Å². The van der Waals surface area contributed by atoms with Crippen molar-refractivity contribution in [2.45, 2.75) is 31.9 Å². The third kappa shape index (κ3) is 4.77. The monoisotopic (exact) mass is 329 g/mol. The molecule has 0 saturated carbocycles. The zero-order valence-electron chi connectivity index (χ0n) is 12.3. The van der Waals surface area contributed by atoms with Gasteiger partial charge in [-0.05, 0) is 37.5 Å². The predicted octanol–water partition coefficient (Wildman–Crippen LogP) is 3.40. The van der Waals surface area contributed by atoms with E-state index < -0.39 is 0 Å². The minimum Gasteiger partial charge on any atom is -0.376 e. The van der Waals surface area contributed by atoms with Crippen LogP contribution in [0.1, 0.15) is 31.4 Å². The van der Waals surface area contributed by atoms with Crippen LogP contribution in [0.3, 0.4) is 0 Å². The van der Waals surface area contributed by atoms with E-state index in [1.165, 1.54) is 0 Å². The van der Waals surface area contributed by atoms with E-state index in [9.17, 15) is 0 Å². The molecule has 1 heterocycles. The van der Waals surface area contributed by atoms with Crippen LogP contribution >= 0.6 is 23.2 Å². The Balaban J connectivity index is 1.91. The van der Waals surface area contributed by atoms with E-state index in [-0.39, 0.29) is 12.1 Å². The van der Waals surface area contributed by atoms with E-state index in [1.54, 1.807) is 13.1 Å². The minimum absolute atomic E-state index is 0.0328. The largest absolute Gasteiger partial charge is 0.376 e. The fraction of sp³-hybridized carbons (Fsp3) is 0.533. The minimum atomic E-state index is 0.0328. The molecule has 21 heavy (non-hydrogen) atoms.